The molecule has 1 aromatic carbocycles. The van der Waals surface area contributed by atoms with Crippen molar-refractivity contribution < 1.29 is 9.84 Å². The number of aliphatic hydroxyl groups excluding tert-OH is 1. The van der Waals surface area contributed by atoms with Gasteiger partial charge in [0.25, 0.3) is 0 Å². The number of β-amino-alcohol motifs (C(OH)–C–C–N with tert-alkyl or cyclic N) is 1. The molecule has 0 aromatic heterocycles. The van der Waals surface area contributed by atoms with Crippen molar-refractivity contribution in [2.75, 3.05) is 45.9 Å². The van der Waals surface area contributed by atoms with Crippen molar-refractivity contribution in [1.29, 1.82) is 0 Å². The first-order valence-corrected chi connectivity index (χ1v) is 8.43. The smallest absolute Gasteiger partial charge is 0.0791 e. The highest BCUT2D eigenvalue weighted by atomic mass is 16.5. The van der Waals surface area contributed by atoms with Crippen molar-refractivity contribution in [2.24, 2.45) is 0 Å². The Labute approximate surface area is 134 Å². The quantitative estimate of drug-likeness (QED) is 0.717. The summed E-state index contributed by atoms with van der Waals surface area (Å²) in [7, 11) is 0. The maximum absolute atomic E-state index is 10.1. The predicted molar refractivity (Wildman–Crippen MR) is 90.4 cm³/mol. The molecule has 1 heterocycles. The molecule has 4 heteroatoms. The van der Waals surface area contributed by atoms with E-state index >= 15 is 0 Å². The molecule has 2 rings (SSSR count). The van der Waals surface area contributed by atoms with E-state index in [2.05, 4.69) is 48.3 Å². The maximum Gasteiger partial charge on any atom is 0.0791 e. The van der Waals surface area contributed by atoms with Crippen LogP contribution in [0.1, 0.15) is 30.9 Å². The zero-order chi connectivity index (χ0) is 15.8. The van der Waals surface area contributed by atoms with E-state index in [4.69, 9.17) is 4.74 Å². The van der Waals surface area contributed by atoms with Crippen LogP contribution >= 0.6 is 0 Å². The van der Waals surface area contributed by atoms with Gasteiger partial charge in [0, 0.05) is 26.2 Å². The molecule has 0 radical (unpaired) electrons. The van der Waals surface area contributed by atoms with Crippen molar-refractivity contribution in [3.63, 3.8) is 0 Å². The summed E-state index contributed by atoms with van der Waals surface area (Å²) in [5, 5.41) is 13.4. The van der Waals surface area contributed by atoms with Gasteiger partial charge < -0.3 is 15.2 Å². The number of ether oxygens (including phenoxy) is 1. The summed E-state index contributed by atoms with van der Waals surface area (Å²) in [6.07, 6.45) is 0.698. The van der Waals surface area contributed by atoms with Crippen LogP contribution < -0.4 is 5.32 Å². The van der Waals surface area contributed by atoms with Crippen LogP contribution in [0.3, 0.4) is 0 Å². The predicted octanol–water partition coefficient (Wildman–Crippen LogP) is 1.64. The van der Waals surface area contributed by atoms with Crippen molar-refractivity contribution >= 4 is 0 Å². The first kappa shape index (κ1) is 17.4. The molecule has 0 aliphatic carbocycles. The fourth-order valence-corrected chi connectivity index (χ4v) is 2.72. The van der Waals surface area contributed by atoms with Gasteiger partial charge in [0.15, 0.2) is 0 Å². The van der Waals surface area contributed by atoms with Crippen LogP contribution in [-0.4, -0.2) is 62.0 Å². The molecule has 1 aliphatic rings. The normalized spacial score (nSPS) is 17.8. The zero-order valence-corrected chi connectivity index (χ0v) is 13.9. The fourth-order valence-electron chi connectivity index (χ4n) is 2.72. The second kappa shape index (κ2) is 9.26. The van der Waals surface area contributed by atoms with E-state index in [1.165, 1.54) is 11.1 Å². The lowest BCUT2D eigenvalue weighted by Crippen LogP contribution is -2.43. The summed E-state index contributed by atoms with van der Waals surface area (Å²) < 4.78 is 5.31. The lowest BCUT2D eigenvalue weighted by atomic mass is 10.0. The Balaban J connectivity index is 1.59. The molecular formula is C18H30N2O2. The van der Waals surface area contributed by atoms with E-state index in [1.807, 2.05) is 0 Å². The Hall–Kier alpha value is -0.940. The van der Waals surface area contributed by atoms with Gasteiger partial charge in [-0.1, -0.05) is 38.1 Å². The molecule has 22 heavy (non-hydrogen) atoms. The highest BCUT2D eigenvalue weighted by molar-refractivity contribution is 5.24. The summed E-state index contributed by atoms with van der Waals surface area (Å²) in [5.41, 5.74) is 2.73. The number of benzene rings is 1. The van der Waals surface area contributed by atoms with E-state index in [1.54, 1.807) is 0 Å². The standard InChI is InChI=1S/C18H30N2O2/c1-15(2)17-5-3-16(4-6-17)7-8-19-13-18(21)14-20-9-11-22-12-10-20/h3-6,15,18-19,21H,7-14H2,1-2H3. The molecule has 0 amide bonds. The minimum absolute atomic E-state index is 0.304. The van der Waals surface area contributed by atoms with Crippen LogP contribution in [-0.2, 0) is 11.2 Å². The summed E-state index contributed by atoms with van der Waals surface area (Å²) in [6.45, 7) is 10.2. The Morgan fingerprint density at radius 2 is 1.86 bits per heavy atom. The van der Waals surface area contributed by atoms with Crippen molar-refractivity contribution in [1.82, 2.24) is 10.2 Å². The Kier molecular flexibility index (Phi) is 7.33. The molecule has 2 N–H and O–H groups in total. The number of hydrogen-bond acceptors (Lipinski definition) is 4. The van der Waals surface area contributed by atoms with Crippen LogP contribution in [0.4, 0.5) is 0 Å². The van der Waals surface area contributed by atoms with Gasteiger partial charge in [-0.05, 0) is 30.0 Å². The van der Waals surface area contributed by atoms with Gasteiger partial charge in [0.2, 0.25) is 0 Å². The third-order valence-corrected chi connectivity index (χ3v) is 4.19. The maximum atomic E-state index is 10.1. The lowest BCUT2D eigenvalue weighted by Gasteiger charge is -2.28. The topological polar surface area (TPSA) is 44.7 Å². The first-order valence-electron chi connectivity index (χ1n) is 8.43. The Morgan fingerprint density at radius 3 is 2.50 bits per heavy atom. The second-order valence-corrected chi connectivity index (χ2v) is 6.42. The first-order chi connectivity index (χ1) is 10.6. The molecule has 0 saturated carbocycles. The Morgan fingerprint density at radius 1 is 1.18 bits per heavy atom. The minimum Gasteiger partial charge on any atom is -0.390 e. The van der Waals surface area contributed by atoms with E-state index < -0.39 is 0 Å². The van der Waals surface area contributed by atoms with Gasteiger partial charge in [-0.2, -0.15) is 0 Å². The van der Waals surface area contributed by atoms with Gasteiger partial charge in [-0.15, -0.1) is 0 Å². The van der Waals surface area contributed by atoms with E-state index in [0.29, 0.717) is 12.5 Å². The fraction of sp³-hybridized carbons (Fsp3) is 0.667. The van der Waals surface area contributed by atoms with Crippen LogP contribution in [0, 0.1) is 0 Å². The van der Waals surface area contributed by atoms with Crippen molar-refractivity contribution in [2.45, 2.75) is 32.3 Å². The largest absolute Gasteiger partial charge is 0.390 e. The molecule has 124 valence electrons. The third-order valence-electron chi connectivity index (χ3n) is 4.19. The number of aliphatic hydroxyl groups is 1. The summed E-state index contributed by atoms with van der Waals surface area (Å²) in [6, 6.07) is 8.85. The van der Waals surface area contributed by atoms with Gasteiger partial charge >= 0.3 is 0 Å². The van der Waals surface area contributed by atoms with Crippen LogP contribution in [0.15, 0.2) is 24.3 Å². The average Bonchev–Trinajstić information content (AvgIpc) is 2.53. The SMILES string of the molecule is CC(C)c1ccc(CCNCC(O)CN2CCOCC2)cc1. The van der Waals surface area contributed by atoms with Crippen LogP contribution in [0.5, 0.6) is 0 Å². The molecule has 4 nitrogen and oxygen atoms in total. The molecule has 1 saturated heterocycles. The second-order valence-electron chi connectivity index (χ2n) is 6.42. The Bertz CT molecular complexity index is 414. The monoisotopic (exact) mass is 306 g/mol. The zero-order valence-electron chi connectivity index (χ0n) is 13.9. The molecule has 1 aliphatic heterocycles. The highest BCUT2D eigenvalue weighted by Crippen LogP contribution is 2.14. The summed E-state index contributed by atoms with van der Waals surface area (Å²) in [5.74, 6) is 0.586. The van der Waals surface area contributed by atoms with Gasteiger partial charge in [-0.25, -0.2) is 0 Å². The number of hydrogen-bond donors (Lipinski definition) is 2. The van der Waals surface area contributed by atoms with E-state index in [0.717, 1.165) is 45.8 Å². The number of nitrogens with one attached hydrogen (secondary N) is 1. The average molecular weight is 306 g/mol. The van der Waals surface area contributed by atoms with Gasteiger partial charge in [-0.3, -0.25) is 4.90 Å². The molecule has 1 aromatic rings. The highest BCUT2D eigenvalue weighted by Gasteiger charge is 2.14. The minimum atomic E-state index is -0.304. The van der Waals surface area contributed by atoms with Gasteiger partial charge in [0.05, 0.1) is 19.3 Å². The summed E-state index contributed by atoms with van der Waals surface area (Å²) in [4.78, 5) is 2.26. The van der Waals surface area contributed by atoms with Crippen molar-refractivity contribution in [3.05, 3.63) is 35.4 Å². The molecule has 0 bridgehead atoms. The number of rotatable bonds is 8. The lowest BCUT2D eigenvalue weighted by molar-refractivity contribution is 0.0150. The summed E-state index contributed by atoms with van der Waals surface area (Å²) >= 11 is 0. The third kappa shape index (κ3) is 6.05. The number of morpholine rings is 1. The molecule has 1 atom stereocenters. The number of nitrogens with zero attached hydrogens (tertiary/aromatic N) is 1. The molecular weight excluding hydrogens is 276 g/mol. The van der Waals surface area contributed by atoms with E-state index in [-0.39, 0.29) is 6.10 Å². The van der Waals surface area contributed by atoms with Crippen LogP contribution in [0.2, 0.25) is 0 Å². The van der Waals surface area contributed by atoms with E-state index in [9.17, 15) is 5.11 Å². The van der Waals surface area contributed by atoms with Crippen LogP contribution in [0.25, 0.3) is 0 Å². The van der Waals surface area contributed by atoms with Gasteiger partial charge in [0.1, 0.15) is 0 Å². The van der Waals surface area contributed by atoms with Crippen molar-refractivity contribution in [3.8, 4) is 0 Å². The molecule has 0 spiro atoms. The molecule has 1 unspecified atom stereocenters. The molecule has 1 fully saturated rings.